The number of halogens is 1. The molecule has 6 heterocycles. The molecule has 0 saturated carbocycles. The summed E-state index contributed by atoms with van der Waals surface area (Å²) in [4.78, 5) is 34.6. The third-order valence-electron chi connectivity index (χ3n) is 10.7. The van der Waals surface area contributed by atoms with E-state index in [0.29, 0.717) is 58.4 Å². The van der Waals surface area contributed by atoms with E-state index in [1.807, 2.05) is 31.7 Å². The Balaban J connectivity index is 1.20. The van der Waals surface area contributed by atoms with Gasteiger partial charge in [-0.05, 0) is 108 Å². The molecule has 4 aromatic rings. The molecular weight excluding hydrogens is 623 g/mol. The molecule has 4 fully saturated rings. The van der Waals surface area contributed by atoms with Crippen LogP contribution in [0.15, 0.2) is 36.5 Å². The molecule has 1 N–H and O–H groups in total. The maximum Gasteiger partial charge on any atom is 0.410 e. The van der Waals surface area contributed by atoms with E-state index in [0.717, 1.165) is 51.6 Å². The summed E-state index contributed by atoms with van der Waals surface area (Å²) < 4.78 is 27.2. The van der Waals surface area contributed by atoms with Gasteiger partial charge in [0.05, 0.1) is 28.7 Å². The van der Waals surface area contributed by atoms with Crippen molar-refractivity contribution in [3.8, 4) is 35.2 Å². The Morgan fingerprint density at radius 2 is 1.84 bits per heavy atom. The van der Waals surface area contributed by atoms with Gasteiger partial charge in [-0.15, -0.1) is 6.42 Å². The van der Waals surface area contributed by atoms with E-state index < -0.39 is 11.4 Å². The zero-order valence-electron chi connectivity index (χ0n) is 28.2. The minimum absolute atomic E-state index is 0.00685. The van der Waals surface area contributed by atoms with E-state index in [-0.39, 0.29) is 41.0 Å². The lowest BCUT2D eigenvalue weighted by Gasteiger charge is -2.41. The zero-order chi connectivity index (χ0) is 34.1. The number of amides is 1. The first-order valence-corrected chi connectivity index (χ1v) is 17.3. The van der Waals surface area contributed by atoms with Crippen molar-refractivity contribution in [3.63, 3.8) is 0 Å². The maximum atomic E-state index is 14.9. The van der Waals surface area contributed by atoms with Crippen LogP contribution in [0, 0.1) is 18.2 Å². The third-order valence-corrected chi connectivity index (χ3v) is 10.7. The van der Waals surface area contributed by atoms with Gasteiger partial charge in [0.1, 0.15) is 29.3 Å². The van der Waals surface area contributed by atoms with Crippen LogP contribution in [0.5, 0.6) is 11.8 Å². The van der Waals surface area contributed by atoms with Gasteiger partial charge in [0.15, 0.2) is 5.82 Å². The van der Waals surface area contributed by atoms with Crippen molar-refractivity contribution in [2.45, 2.75) is 82.5 Å². The first-order valence-electron chi connectivity index (χ1n) is 17.3. The number of phenolic OH excluding ortho intramolecular Hbond substituents is 1. The van der Waals surface area contributed by atoms with Crippen LogP contribution < -0.4 is 9.64 Å². The molecule has 0 aliphatic carbocycles. The fourth-order valence-corrected chi connectivity index (χ4v) is 8.56. The summed E-state index contributed by atoms with van der Waals surface area (Å²) >= 11 is 0. The van der Waals surface area contributed by atoms with E-state index >= 15 is 0 Å². The van der Waals surface area contributed by atoms with Crippen molar-refractivity contribution in [1.82, 2.24) is 24.8 Å². The molecule has 4 saturated heterocycles. The first kappa shape index (κ1) is 31.6. The highest BCUT2D eigenvalue weighted by Gasteiger charge is 2.46. The van der Waals surface area contributed by atoms with Gasteiger partial charge in [0.2, 0.25) is 0 Å². The lowest BCUT2D eigenvalue weighted by Crippen LogP contribution is -2.57. The molecule has 4 aliphatic heterocycles. The monoisotopic (exact) mass is 664 g/mol. The molecule has 254 valence electrons. The average Bonchev–Trinajstić information content (AvgIpc) is 3.72. The van der Waals surface area contributed by atoms with Gasteiger partial charge in [-0.25, -0.2) is 9.18 Å². The zero-order valence-corrected chi connectivity index (χ0v) is 28.2. The highest BCUT2D eigenvalue weighted by atomic mass is 19.1. The van der Waals surface area contributed by atoms with Gasteiger partial charge < -0.3 is 19.5 Å². The molecule has 0 radical (unpaired) electrons. The first-order chi connectivity index (χ1) is 23.5. The van der Waals surface area contributed by atoms with Crippen LogP contribution in [0.1, 0.15) is 64.9 Å². The molecule has 11 heteroatoms. The van der Waals surface area contributed by atoms with Crippen LogP contribution in [0.25, 0.3) is 32.9 Å². The number of carbonyl (C=O) groups excluding carboxylic acids is 1. The normalized spacial score (nSPS) is 21.7. The summed E-state index contributed by atoms with van der Waals surface area (Å²) in [5, 5.41) is 11.8. The van der Waals surface area contributed by atoms with Crippen LogP contribution in [0.4, 0.5) is 15.0 Å². The van der Waals surface area contributed by atoms with Crippen LogP contribution in [0.2, 0.25) is 0 Å². The van der Waals surface area contributed by atoms with Gasteiger partial charge in [0.25, 0.3) is 0 Å². The molecule has 0 spiro atoms. The quantitative estimate of drug-likeness (QED) is 0.248. The topological polar surface area (TPSA) is 104 Å². The number of ether oxygens (including phenoxy) is 2. The van der Waals surface area contributed by atoms with Crippen molar-refractivity contribution in [3.05, 3.63) is 47.9 Å². The molecule has 49 heavy (non-hydrogen) atoms. The van der Waals surface area contributed by atoms with E-state index in [1.54, 1.807) is 24.4 Å². The SMILES string of the molecule is C#Cc1c(F)ccc2cc(O)cc(-c3cnc4c(N5C[C@H]6CC[C@@H](C5)N6C(=O)OC(C)(C)C)nc(OCC56CCCN5CCC6)nc4c3)c12. The van der Waals surface area contributed by atoms with Crippen LogP contribution in [-0.2, 0) is 4.74 Å². The molecule has 1 amide bonds. The number of fused-ring (bicyclic) bond motifs is 5. The number of rotatable bonds is 5. The highest BCUT2D eigenvalue weighted by molar-refractivity contribution is 6.03. The third kappa shape index (κ3) is 5.56. The maximum absolute atomic E-state index is 14.9. The van der Waals surface area contributed by atoms with Crippen molar-refractivity contribution in [2.24, 2.45) is 0 Å². The Morgan fingerprint density at radius 1 is 1.10 bits per heavy atom. The summed E-state index contributed by atoms with van der Waals surface area (Å²) in [6.07, 6.45) is 13.4. The number of aromatic hydroxyl groups is 1. The van der Waals surface area contributed by atoms with Crippen LogP contribution >= 0.6 is 0 Å². The molecular formula is C38H41FN6O4. The number of piperazine rings is 1. The van der Waals surface area contributed by atoms with Gasteiger partial charge in [-0.1, -0.05) is 12.0 Å². The fraction of sp³-hybridized carbons (Fsp3) is 0.474. The molecule has 10 nitrogen and oxygen atoms in total. The van der Waals surface area contributed by atoms with Crippen molar-refractivity contribution in [1.29, 1.82) is 0 Å². The molecule has 2 atom stereocenters. The van der Waals surface area contributed by atoms with Gasteiger partial charge in [0, 0.05) is 30.2 Å². The van der Waals surface area contributed by atoms with Crippen LogP contribution in [0.3, 0.4) is 0 Å². The Labute approximate surface area is 285 Å². The van der Waals surface area contributed by atoms with E-state index in [9.17, 15) is 14.3 Å². The molecule has 2 aromatic heterocycles. The number of pyridine rings is 1. The predicted octanol–water partition coefficient (Wildman–Crippen LogP) is 6.27. The summed E-state index contributed by atoms with van der Waals surface area (Å²) in [5.74, 6) is 2.66. The number of anilines is 1. The number of carbonyl (C=O) groups is 1. The summed E-state index contributed by atoms with van der Waals surface area (Å²) in [6, 6.07) is 8.16. The van der Waals surface area contributed by atoms with E-state index in [4.69, 9.17) is 30.8 Å². The number of hydrogen-bond donors (Lipinski definition) is 1. The fourth-order valence-electron chi connectivity index (χ4n) is 8.56. The molecule has 8 rings (SSSR count). The Kier molecular flexibility index (Phi) is 7.56. The minimum atomic E-state index is -0.578. The van der Waals surface area contributed by atoms with Gasteiger partial charge in [-0.2, -0.15) is 9.97 Å². The number of phenols is 1. The number of hydrogen-bond acceptors (Lipinski definition) is 9. The van der Waals surface area contributed by atoms with E-state index in [2.05, 4.69) is 15.7 Å². The van der Waals surface area contributed by atoms with Crippen molar-refractivity contribution in [2.75, 3.05) is 37.7 Å². The number of terminal acetylenes is 1. The van der Waals surface area contributed by atoms with Gasteiger partial charge in [-0.3, -0.25) is 14.8 Å². The number of benzene rings is 2. The van der Waals surface area contributed by atoms with Crippen molar-refractivity contribution >= 4 is 33.7 Å². The number of aromatic nitrogens is 3. The lowest BCUT2D eigenvalue weighted by atomic mass is 9.94. The molecule has 2 aromatic carbocycles. The second kappa shape index (κ2) is 11.7. The Hall–Kier alpha value is -4.69. The van der Waals surface area contributed by atoms with Crippen LogP contribution in [-0.4, -0.2) is 92.0 Å². The van der Waals surface area contributed by atoms with Gasteiger partial charge >= 0.3 is 12.1 Å². The lowest BCUT2D eigenvalue weighted by molar-refractivity contribution is 0.0122. The minimum Gasteiger partial charge on any atom is -0.508 e. The second-order valence-electron chi connectivity index (χ2n) is 15.0. The Bertz CT molecular complexity index is 2000. The average molecular weight is 665 g/mol. The van der Waals surface area contributed by atoms with E-state index in [1.165, 1.54) is 6.07 Å². The predicted molar refractivity (Wildman–Crippen MR) is 185 cm³/mol. The standard InChI is InChI=1S/C38H41FN6O4/c1-5-28-30(39)11-8-23-16-27(46)18-29(32(23)28)24-17-31-33(40-19-24)34(42-35(41-31)48-22-38-12-6-14-44(38)15-7-13-38)43-20-25-9-10-26(21-43)45(25)36(47)49-37(2,3)4/h1,8,11,16-19,25-26,46H,6-7,9-10,12-15,20-22H2,2-4H3/t25-,26+. The molecule has 2 bridgehead atoms. The second-order valence-corrected chi connectivity index (χ2v) is 15.0. The summed E-state index contributed by atoms with van der Waals surface area (Å²) in [5.41, 5.74) is 1.87. The largest absolute Gasteiger partial charge is 0.508 e. The number of nitrogens with zero attached hydrogens (tertiary/aromatic N) is 6. The Morgan fingerprint density at radius 3 is 2.53 bits per heavy atom. The highest BCUT2D eigenvalue weighted by Crippen LogP contribution is 2.41. The molecule has 4 aliphatic rings. The smallest absolute Gasteiger partial charge is 0.410 e. The molecule has 0 unspecified atom stereocenters. The summed E-state index contributed by atoms with van der Waals surface area (Å²) in [6.45, 7) is 9.48. The summed E-state index contributed by atoms with van der Waals surface area (Å²) in [7, 11) is 0. The van der Waals surface area contributed by atoms with Crippen molar-refractivity contribution < 1.29 is 23.8 Å².